The number of hydrogen-bond acceptors (Lipinski definition) is 7. The molecular weight excluding hydrogens is 366 g/mol. The van der Waals surface area contributed by atoms with E-state index in [-0.39, 0.29) is 18.0 Å². The Labute approximate surface area is 160 Å². The van der Waals surface area contributed by atoms with Crippen molar-refractivity contribution >= 4 is 23.4 Å². The van der Waals surface area contributed by atoms with E-state index in [4.69, 9.17) is 9.47 Å². The van der Waals surface area contributed by atoms with Crippen LogP contribution in [0.2, 0.25) is 0 Å². The lowest BCUT2D eigenvalue weighted by molar-refractivity contribution is -0.120. The van der Waals surface area contributed by atoms with Crippen molar-refractivity contribution in [1.29, 1.82) is 0 Å². The van der Waals surface area contributed by atoms with Gasteiger partial charge in [0.25, 0.3) is 5.78 Å². The lowest BCUT2D eigenvalue weighted by Gasteiger charge is -2.10. The highest BCUT2D eigenvalue weighted by molar-refractivity contribution is 8.00. The molecule has 0 radical (unpaired) electrons. The molecule has 8 nitrogen and oxygen atoms in total. The van der Waals surface area contributed by atoms with Crippen LogP contribution in [-0.2, 0) is 11.3 Å². The summed E-state index contributed by atoms with van der Waals surface area (Å²) in [6, 6.07) is 7.57. The zero-order valence-electron chi connectivity index (χ0n) is 15.2. The molecule has 3 heterocycles. The summed E-state index contributed by atoms with van der Waals surface area (Å²) in [6.07, 6.45) is 0. The molecule has 0 spiro atoms. The third-order valence-electron chi connectivity index (χ3n) is 4.15. The van der Waals surface area contributed by atoms with Gasteiger partial charge in [0.15, 0.2) is 11.5 Å². The van der Waals surface area contributed by atoms with Crippen LogP contribution in [-0.4, -0.2) is 37.5 Å². The molecule has 1 N–H and O–H groups in total. The van der Waals surface area contributed by atoms with Gasteiger partial charge in [-0.1, -0.05) is 17.8 Å². The highest BCUT2D eigenvalue weighted by Crippen LogP contribution is 2.32. The van der Waals surface area contributed by atoms with Crippen molar-refractivity contribution in [3.05, 3.63) is 41.2 Å². The minimum absolute atomic E-state index is 0.0858. The first-order valence-corrected chi connectivity index (χ1v) is 9.41. The molecule has 2 aromatic heterocycles. The Morgan fingerprint density at radius 1 is 1.26 bits per heavy atom. The predicted octanol–water partition coefficient (Wildman–Crippen LogP) is 2.27. The number of rotatable bonds is 5. The normalized spacial score (nSPS) is 13.7. The third-order valence-corrected chi connectivity index (χ3v) is 5.11. The van der Waals surface area contributed by atoms with Crippen LogP contribution in [0.1, 0.15) is 23.9 Å². The molecule has 1 atom stereocenters. The summed E-state index contributed by atoms with van der Waals surface area (Å²) in [5.74, 6) is 1.89. The first-order valence-electron chi connectivity index (χ1n) is 8.53. The number of hydrogen-bond donors (Lipinski definition) is 1. The van der Waals surface area contributed by atoms with Crippen molar-refractivity contribution in [2.24, 2.45) is 0 Å². The number of ether oxygens (including phenoxy) is 2. The molecule has 1 amide bonds. The van der Waals surface area contributed by atoms with E-state index in [1.165, 1.54) is 11.8 Å². The number of nitrogens with zero attached hydrogens (tertiary/aromatic N) is 4. The number of aromatic nitrogens is 4. The molecule has 1 unspecified atom stereocenters. The van der Waals surface area contributed by atoms with Gasteiger partial charge in [-0.25, -0.2) is 9.50 Å². The van der Waals surface area contributed by atoms with E-state index < -0.39 is 0 Å². The first kappa shape index (κ1) is 17.6. The van der Waals surface area contributed by atoms with Gasteiger partial charge in [-0.2, -0.15) is 4.98 Å². The molecule has 1 aromatic carbocycles. The second-order valence-electron chi connectivity index (χ2n) is 6.31. The van der Waals surface area contributed by atoms with Crippen molar-refractivity contribution in [3.63, 3.8) is 0 Å². The van der Waals surface area contributed by atoms with Crippen molar-refractivity contribution < 1.29 is 14.3 Å². The summed E-state index contributed by atoms with van der Waals surface area (Å²) in [4.78, 5) is 21.2. The Hall–Kier alpha value is -2.81. The van der Waals surface area contributed by atoms with Crippen LogP contribution in [0.4, 0.5) is 0 Å². The van der Waals surface area contributed by atoms with Crippen LogP contribution in [0.5, 0.6) is 11.5 Å². The van der Waals surface area contributed by atoms with Gasteiger partial charge in [0.1, 0.15) is 0 Å². The van der Waals surface area contributed by atoms with Crippen LogP contribution in [0.3, 0.4) is 0 Å². The fraction of sp³-hybridized carbons (Fsp3) is 0.333. The molecule has 27 heavy (non-hydrogen) atoms. The average Bonchev–Trinajstić information content (AvgIpc) is 3.25. The highest BCUT2D eigenvalue weighted by atomic mass is 32.2. The Morgan fingerprint density at radius 3 is 2.93 bits per heavy atom. The number of aryl methyl sites for hydroxylation is 2. The predicted molar refractivity (Wildman–Crippen MR) is 100.0 cm³/mol. The summed E-state index contributed by atoms with van der Waals surface area (Å²) in [5, 5.41) is 7.55. The van der Waals surface area contributed by atoms with Crippen molar-refractivity contribution in [3.8, 4) is 11.5 Å². The molecule has 0 bridgehead atoms. The number of thioether (sulfide) groups is 1. The van der Waals surface area contributed by atoms with Gasteiger partial charge in [0.05, 0.1) is 5.25 Å². The molecule has 0 aliphatic carbocycles. The number of carbonyl (C=O) groups is 1. The maximum atomic E-state index is 12.4. The molecule has 0 saturated carbocycles. The van der Waals surface area contributed by atoms with Gasteiger partial charge >= 0.3 is 0 Å². The maximum Gasteiger partial charge on any atom is 0.253 e. The Morgan fingerprint density at radius 2 is 2.07 bits per heavy atom. The zero-order valence-corrected chi connectivity index (χ0v) is 16.0. The number of benzene rings is 1. The lowest BCUT2D eigenvalue weighted by Crippen LogP contribution is -2.30. The van der Waals surface area contributed by atoms with Gasteiger partial charge in [-0.05, 0) is 44.5 Å². The molecule has 140 valence electrons. The summed E-state index contributed by atoms with van der Waals surface area (Å²) >= 11 is 1.31. The number of nitrogens with one attached hydrogen (secondary N) is 1. The molecule has 0 fully saturated rings. The maximum absolute atomic E-state index is 12.4. The summed E-state index contributed by atoms with van der Waals surface area (Å²) < 4.78 is 12.3. The second-order valence-corrected chi connectivity index (χ2v) is 7.62. The standard InChI is InChI=1S/C18H19N5O3S/c1-10-6-11(2)23-17(20-10)21-18(22-23)27-12(3)16(24)19-8-13-4-5-14-15(7-13)26-9-25-14/h4-7,12H,8-9H2,1-3H3,(H,19,24). The first-order chi connectivity index (χ1) is 13.0. The zero-order chi connectivity index (χ0) is 19.0. The summed E-state index contributed by atoms with van der Waals surface area (Å²) in [6.45, 7) is 6.35. The molecule has 1 aliphatic heterocycles. The van der Waals surface area contributed by atoms with E-state index in [0.717, 1.165) is 22.7 Å². The van der Waals surface area contributed by atoms with Crippen molar-refractivity contribution in [1.82, 2.24) is 24.9 Å². The average molecular weight is 385 g/mol. The van der Waals surface area contributed by atoms with Gasteiger partial charge in [0, 0.05) is 17.9 Å². The molecule has 4 rings (SSSR count). The van der Waals surface area contributed by atoms with Gasteiger partial charge in [-0.3, -0.25) is 4.79 Å². The SMILES string of the molecule is Cc1cc(C)n2nc(SC(C)C(=O)NCc3ccc4c(c3)OCO4)nc2n1. The van der Waals surface area contributed by atoms with Gasteiger partial charge in [0.2, 0.25) is 17.9 Å². The Balaban J connectivity index is 1.38. The smallest absolute Gasteiger partial charge is 0.253 e. The monoisotopic (exact) mass is 385 g/mol. The molecule has 3 aromatic rings. The van der Waals surface area contributed by atoms with E-state index in [1.807, 2.05) is 45.0 Å². The van der Waals surface area contributed by atoms with Crippen molar-refractivity contribution in [2.45, 2.75) is 37.7 Å². The third kappa shape index (κ3) is 3.68. The molecule has 1 aliphatic rings. The van der Waals surface area contributed by atoms with Crippen LogP contribution >= 0.6 is 11.8 Å². The Kier molecular flexibility index (Phi) is 4.61. The second kappa shape index (κ2) is 7.07. The minimum atomic E-state index is -0.335. The molecule has 9 heteroatoms. The van der Waals surface area contributed by atoms with E-state index >= 15 is 0 Å². The fourth-order valence-corrected chi connectivity index (χ4v) is 3.56. The summed E-state index contributed by atoms with van der Waals surface area (Å²) in [5.41, 5.74) is 2.79. The van der Waals surface area contributed by atoms with Gasteiger partial charge in [-0.15, -0.1) is 5.10 Å². The van der Waals surface area contributed by atoms with E-state index in [0.29, 0.717) is 23.2 Å². The quantitative estimate of drug-likeness (QED) is 0.674. The summed E-state index contributed by atoms with van der Waals surface area (Å²) in [7, 11) is 0. The fourth-order valence-electron chi connectivity index (χ4n) is 2.79. The molecular formula is C18H19N5O3S. The van der Waals surface area contributed by atoms with Crippen LogP contribution in [0, 0.1) is 13.8 Å². The van der Waals surface area contributed by atoms with E-state index in [1.54, 1.807) is 4.52 Å². The lowest BCUT2D eigenvalue weighted by atomic mass is 10.2. The number of amides is 1. The molecule has 0 saturated heterocycles. The highest BCUT2D eigenvalue weighted by Gasteiger charge is 2.19. The van der Waals surface area contributed by atoms with Crippen LogP contribution in [0.25, 0.3) is 5.78 Å². The van der Waals surface area contributed by atoms with Crippen molar-refractivity contribution in [2.75, 3.05) is 6.79 Å². The van der Waals surface area contributed by atoms with E-state index in [2.05, 4.69) is 20.4 Å². The number of carbonyl (C=O) groups excluding carboxylic acids is 1. The van der Waals surface area contributed by atoms with Crippen LogP contribution in [0.15, 0.2) is 29.4 Å². The largest absolute Gasteiger partial charge is 0.454 e. The van der Waals surface area contributed by atoms with Gasteiger partial charge < -0.3 is 14.8 Å². The number of fused-ring (bicyclic) bond motifs is 2. The topological polar surface area (TPSA) is 90.6 Å². The van der Waals surface area contributed by atoms with Crippen LogP contribution < -0.4 is 14.8 Å². The van der Waals surface area contributed by atoms with E-state index in [9.17, 15) is 4.79 Å². The Bertz CT molecular complexity index is 1020. The minimum Gasteiger partial charge on any atom is -0.454 e.